The van der Waals surface area contributed by atoms with E-state index in [1.165, 1.54) is 6.07 Å². The summed E-state index contributed by atoms with van der Waals surface area (Å²) in [4.78, 5) is 10.9. The Kier molecular flexibility index (Phi) is 7.42. The standard InChI is InChI=1S/C28H31FO4/c1-18(14-27(30)31)20-7-9-21(10-8-20)33-17-19-6-12-25(28(2,3)4)23(15-19)24-16-22(32-5)11-13-26(24)29/h6-13,15-16,18H,14,17H2,1-5H3,(H,30,31)/t18-/m1/s1. The van der Waals surface area contributed by atoms with Gasteiger partial charge in [-0.15, -0.1) is 0 Å². The molecule has 33 heavy (non-hydrogen) atoms. The van der Waals surface area contributed by atoms with Crippen molar-refractivity contribution in [3.8, 4) is 22.6 Å². The first kappa shape index (κ1) is 24.3. The number of methoxy groups -OCH3 is 1. The van der Waals surface area contributed by atoms with Crippen LogP contribution in [0.25, 0.3) is 11.1 Å². The highest BCUT2D eigenvalue weighted by Crippen LogP contribution is 2.37. The van der Waals surface area contributed by atoms with Gasteiger partial charge in [-0.2, -0.15) is 0 Å². The summed E-state index contributed by atoms with van der Waals surface area (Å²) in [5.74, 6) is 0.109. The van der Waals surface area contributed by atoms with E-state index < -0.39 is 5.97 Å². The highest BCUT2D eigenvalue weighted by Gasteiger charge is 2.21. The van der Waals surface area contributed by atoms with E-state index in [1.807, 2.05) is 49.4 Å². The van der Waals surface area contributed by atoms with Crippen LogP contribution in [0.5, 0.6) is 11.5 Å². The number of carboxylic acids is 1. The number of halogens is 1. The monoisotopic (exact) mass is 450 g/mol. The molecule has 3 aromatic carbocycles. The molecule has 0 aliphatic heterocycles. The Morgan fingerprint density at radius 3 is 2.24 bits per heavy atom. The summed E-state index contributed by atoms with van der Waals surface area (Å²) < 4.78 is 26.1. The molecule has 0 heterocycles. The van der Waals surface area contributed by atoms with Crippen LogP contribution >= 0.6 is 0 Å². The molecule has 0 bridgehead atoms. The summed E-state index contributed by atoms with van der Waals surface area (Å²) in [6.07, 6.45) is 0.0872. The van der Waals surface area contributed by atoms with E-state index in [1.54, 1.807) is 19.2 Å². The minimum absolute atomic E-state index is 0.0678. The summed E-state index contributed by atoms with van der Waals surface area (Å²) in [5, 5.41) is 8.98. The fraction of sp³-hybridized carbons (Fsp3) is 0.321. The van der Waals surface area contributed by atoms with Gasteiger partial charge < -0.3 is 14.6 Å². The lowest BCUT2D eigenvalue weighted by molar-refractivity contribution is -0.137. The molecular weight excluding hydrogens is 419 g/mol. The third-order valence-electron chi connectivity index (χ3n) is 5.69. The van der Waals surface area contributed by atoms with Crippen molar-refractivity contribution in [3.63, 3.8) is 0 Å². The SMILES string of the molecule is COc1ccc(F)c(-c2cc(COc3ccc([C@H](C)CC(=O)O)cc3)ccc2C(C)(C)C)c1. The van der Waals surface area contributed by atoms with Gasteiger partial charge in [0.25, 0.3) is 0 Å². The van der Waals surface area contributed by atoms with Gasteiger partial charge in [0.15, 0.2) is 0 Å². The number of aliphatic carboxylic acids is 1. The maximum atomic E-state index is 14.8. The van der Waals surface area contributed by atoms with Crippen LogP contribution < -0.4 is 9.47 Å². The highest BCUT2D eigenvalue weighted by molar-refractivity contribution is 5.71. The molecule has 4 nitrogen and oxygen atoms in total. The molecule has 5 heteroatoms. The Balaban J connectivity index is 1.85. The molecule has 0 unspecified atom stereocenters. The number of benzene rings is 3. The molecule has 0 aliphatic carbocycles. The van der Waals surface area contributed by atoms with E-state index in [0.717, 1.165) is 22.3 Å². The molecule has 0 spiro atoms. The molecular formula is C28H31FO4. The summed E-state index contributed by atoms with van der Waals surface area (Å²) >= 11 is 0. The Hall–Kier alpha value is -3.34. The Bertz CT molecular complexity index is 1110. The van der Waals surface area contributed by atoms with Gasteiger partial charge >= 0.3 is 5.97 Å². The molecule has 3 aromatic rings. The van der Waals surface area contributed by atoms with Gasteiger partial charge in [0, 0.05) is 5.56 Å². The Labute approximate surface area is 195 Å². The number of rotatable bonds is 8. The van der Waals surface area contributed by atoms with Crippen LogP contribution in [0.4, 0.5) is 4.39 Å². The minimum atomic E-state index is -0.815. The topological polar surface area (TPSA) is 55.8 Å². The van der Waals surface area contributed by atoms with Crippen LogP contribution in [0.1, 0.15) is 56.7 Å². The quantitative estimate of drug-likeness (QED) is 0.403. The normalized spacial score (nSPS) is 12.3. The zero-order chi connectivity index (χ0) is 24.2. The second-order valence-corrected chi connectivity index (χ2v) is 9.33. The molecule has 0 fully saturated rings. The van der Waals surface area contributed by atoms with Crippen molar-refractivity contribution < 1.29 is 23.8 Å². The van der Waals surface area contributed by atoms with Gasteiger partial charge in [0.05, 0.1) is 13.5 Å². The minimum Gasteiger partial charge on any atom is -0.497 e. The van der Waals surface area contributed by atoms with Crippen molar-refractivity contribution in [1.82, 2.24) is 0 Å². The lowest BCUT2D eigenvalue weighted by atomic mass is 9.81. The second kappa shape index (κ2) is 10.1. The summed E-state index contributed by atoms with van der Waals surface area (Å²) in [5.41, 5.74) is 4.05. The Morgan fingerprint density at radius 2 is 1.64 bits per heavy atom. The third-order valence-corrected chi connectivity index (χ3v) is 5.69. The van der Waals surface area contributed by atoms with Gasteiger partial charge in [-0.3, -0.25) is 4.79 Å². The molecule has 174 valence electrons. The number of ether oxygens (including phenoxy) is 2. The molecule has 1 atom stereocenters. The fourth-order valence-electron chi connectivity index (χ4n) is 3.83. The van der Waals surface area contributed by atoms with Crippen molar-refractivity contribution in [2.75, 3.05) is 7.11 Å². The zero-order valence-corrected chi connectivity index (χ0v) is 19.8. The predicted molar refractivity (Wildman–Crippen MR) is 129 cm³/mol. The molecule has 0 saturated heterocycles. The zero-order valence-electron chi connectivity index (χ0n) is 19.8. The van der Waals surface area contributed by atoms with E-state index in [2.05, 4.69) is 20.8 Å². The first-order valence-electron chi connectivity index (χ1n) is 11.0. The highest BCUT2D eigenvalue weighted by atomic mass is 19.1. The van der Waals surface area contributed by atoms with Crippen LogP contribution in [0.15, 0.2) is 60.7 Å². The van der Waals surface area contributed by atoms with Gasteiger partial charge in [0.2, 0.25) is 0 Å². The maximum absolute atomic E-state index is 14.8. The Morgan fingerprint density at radius 1 is 0.970 bits per heavy atom. The van der Waals surface area contributed by atoms with Crippen molar-refractivity contribution in [2.45, 2.75) is 52.1 Å². The number of carboxylic acid groups (broad SMARTS) is 1. The van der Waals surface area contributed by atoms with Gasteiger partial charge in [-0.25, -0.2) is 4.39 Å². The maximum Gasteiger partial charge on any atom is 0.303 e. The van der Waals surface area contributed by atoms with Crippen LogP contribution in [0.2, 0.25) is 0 Å². The van der Waals surface area contributed by atoms with Crippen LogP contribution in [-0.2, 0) is 16.8 Å². The van der Waals surface area contributed by atoms with Crippen molar-refractivity contribution in [2.24, 2.45) is 0 Å². The first-order chi connectivity index (χ1) is 15.6. The molecule has 0 amide bonds. The van der Waals surface area contributed by atoms with E-state index in [9.17, 15) is 9.18 Å². The van der Waals surface area contributed by atoms with Gasteiger partial charge in [-0.1, -0.05) is 52.0 Å². The fourth-order valence-corrected chi connectivity index (χ4v) is 3.83. The first-order valence-corrected chi connectivity index (χ1v) is 11.0. The van der Waals surface area contributed by atoms with Crippen molar-refractivity contribution >= 4 is 5.97 Å². The van der Waals surface area contributed by atoms with Crippen LogP contribution in [0, 0.1) is 5.82 Å². The molecule has 1 N–H and O–H groups in total. The largest absolute Gasteiger partial charge is 0.497 e. The van der Waals surface area contributed by atoms with Crippen LogP contribution in [-0.4, -0.2) is 18.2 Å². The average Bonchev–Trinajstić information content (AvgIpc) is 2.77. The molecule has 3 rings (SSSR count). The second-order valence-electron chi connectivity index (χ2n) is 9.33. The lowest BCUT2D eigenvalue weighted by Gasteiger charge is -2.24. The van der Waals surface area contributed by atoms with Crippen molar-refractivity contribution in [3.05, 3.63) is 83.2 Å². The number of hydrogen-bond donors (Lipinski definition) is 1. The number of hydrogen-bond acceptors (Lipinski definition) is 3. The predicted octanol–water partition coefficient (Wildman–Crippen LogP) is 6.96. The van der Waals surface area contributed by atoms with Gasteiger partial charge in [-0.05, 0) is 70.0 Å². The average molecular weight is 451 g/mol. The van der Waals surface area contributed by atoms with E-state index in [-0.39, 0.29) is 23.6 Å². The number of carbonyl (C=O) groups is 1. The lowest BCUT2D eigenvalue weighted by Crippen LogP contribution is -2.13. The van der Waals surface area contributed by atoms with Crippen LogP contribution in [0.3, 0.4) is 0 Å². The molecule has 0 radical (unpaired) electrons. The van der Waals surface area contributed by atoms with E-state index >= 15 is 0 Å². The van der Waals surface area contributed by atoms with E-state index in [4.69, 9.17) is 14.6 Å². The molecule has 0 aliphatic rings. The third kappa shape index (κ3) is 6.13. The smallest absolute Gasteiger partial charge is 0.303 e. The van der Waals surface area contributed by atoms with Gasteiger partial charge in [0.1, 0.15) is 23.9 Å². The summed E-state index contributed by atoms with van der Waals surface area (Å²) in [6.45, 7) is 8.53. The molecule has 0 saturated carbocycles. The van der Waals surface area contributed by atoms with E-state index in [0.29, 0.717) is 23.7 Å². The molecule has 0 aromatic heterocycles. The summed E-state index contributed by atoms with van der Waals surface area (Å²) in [6, 6.07) is 18.3. The van der Waals surface area contributed by atoms with Crippen molar-refractivity contribution in [1.29, 1.82) is 0 Å². The summed E-state index contributed by atoms with van der Waals surface area (Å²) in [7, 11) is 1.57.